The number of carbonyl (C=O) groups is 3. The summed E-state index contributed by atoms with van der Waals surface area (Å²) in [6.45, 7) is 0.592. The van der Waals surface area contributed by atoms with E-state index in [0.29, 0.717) is 30.9 Å². The van der Waals surface area contributed by atoms with Gasteiger partial charge in [0.2, 0.25) is 11.8 Å². The minimum atomic E-state index is -0.891. The molecule has 0 saturated carbocycles. The van der Waals surface area contributed by atoms with Crippen LogP contribution in [0.3, 0.4) is 0 Å². The van der Waals surface area contributed by atoms with E-state index < -0.39 is 11.9 Å². The molecule has 1 fully saturated rings. The number of rotatable bonds is 7. The molecule has 1 unspecified atom stereocenters. The number of hydrogen-bond donors (Lipinski definition) is 2. The summed E-state index contributed by atoms with van der Waals surface area (Å²) >= 11 is 0. The maximum atomic E-state index is 12.2. The van der Waals surface area contributed by atoms with E-state index in [4.69, 9.17) is 9.84 Å². The number of nitrogens with zero attached hydrogens (tertiary/aromatic N) is 1. The molecule has 23 heavy (non-hydrogen) atoms. The summed E-state index contributed by atoms with van der Waals surface area (Å²) in [5.74, 6) is -1.08. The summed E-state index contributed by atoms with van der Waals surface area (Å²) < 4.78 is 5.25. The van der Waals surface area contributed by atoms with E-state index in [9.17, 15) is 14.4 Å². The van der Waals surface area contributed by atoms with E-state index in [1.807, 2.05) is 12.1 Å². The van der Waals surface area contributed by atoms with Gasteiger partial charge in [-0.25, -0.2) is 0 Å². The molecule has 0 aliphatic carbocycles. The van der Waals surface area contributed by atoms with Crippen LogP contribution in [-0.2, 0) is 14.4 Å². The SMILES string of the molecule is COc1ccccc1N1CC(C(=O)NCCCC(=O)O)CC1=O. The number of carbonyl (C=O) groups excluding carboxylic acids is 2. The van der Waals surface area contributed by atoms with Crippen molar-refractivity contribution in [2.24, 2.45) is 5.92 Å². The Morgan fingerprint density at radius 1 is 1.39 bits per heavy atom. The zero-order valence-electron chi connectivity index (χ0n) is 12.9. The Bertz CT molecular complexity index is 602. The molecule has 0 radical (unpaired) electrons. The first kappa shape index (κ1) is 16.8. The topological polar surface area (TPSA) is 95.9 Å². The van der Waals surface area contributed by atoms with Gasteiger partial charge in [0.25, 0.3) is 0 Å². The molecule has 1 atom stereocenters. The summed E-state index contributed by atoms with van der Waals surface area (Å²) in [5, 5.41) is 11.2. The number of nitrogens with one attached hydrogen (secondary N) is 1. The molecule has 1 aliphatic heterocycles. The maximum absolute atomic E-state index is 12.2. The Labute approximate surface area is 134 Å². The van der Waals surface area contributed by atoms with Gasteiger partial charge in [-0.05, 0) is 18.6 Å². The quantitative estimate of drug-likeness (QED) is 0.732. The van der Waals surface area contributed by atoms with Gasteiger partial charge in [-0.3, -0.25) is 14.4 Å². The second-order valence-electron chi connectivity index (χ2n) is 5.37. The number of carboxylic acids is 1. The van der Waals surface area contributed by atoms with Crippen molar-refractivity contribution in [3.05, 3.63) is 24.3 Å². The van der Waals surface area contributed by atoms with Crippen LogP contribution in [0.15, 0.2) is 24.3 Å². The summed E-state index contributed by atoms with van der Waals surface area (Å²) in [6, 6.07) is 7.17. The van der Waals surface area contributed by atoms with E-state index in [2.05, 4.69) is 5.32 Å². The number of methoxy groups -OCH3 is 1. The molecular weight excluding hydrogens is 300 g/mol. The van der Waals surface area contributed by atoms with Crippen molar-refractivity contribution in [1.29, 1.82) is 0 Å². The average molecular weight is 320 g/mol. The zero-order chi connectivity index (χ0) is 16.8. The van der Waals surface area contributed by atoms with Crippen molar-refractivity contribution in [3.8, 4) is 5.75 Å². The second-order valence-corrected chi connectivity index (χ2v) is 5.37. The number of anilines is 1. The van der Waals surface area contributed by atoms with E-state index in [0.717, 1.165) is 0 Å². The zero-order valence-corrected chi connectivity index (χ0v) is 12.9. The fourth-order valence-electron chi connectivity index (χ4n) is 2.56. The number of aliphatic carboxylic acids is 1. The highest BCUT2D eigenvalue weighted by molar-refractivity contribution is 6.01. The maximum Gasteiger partial charge on any atom is 0.303 e. The van der Waals surface area contributed by atoms with E-state index in [1.54, 1.807) is 17.0 Å². The largest absolute Gasteiger partial charge is 0.495 e. The molecule has 2 amide bonds. The standard InChI is InChI=1S/C16H20N2O5/c1-23-13-6-3-2-5-12(13)18-10-11(9-14(18)19)16(22)17-8-4-7-15(20)21/h2-3,5-6,11H,4,7-10H2,1H3,(H,17,22)(H,20,21). The van der Waals surface area contributed by atoms with E-state index in [1.165, 1.54) is 7.11 Å². The van der Waals surface area contributed by atoms with Crippen LogP contribution in [0.4, 0.5) is 5.69 Å². The van der Waals surface area contributed by atoms with Gasteiger partial charge in [-0.15, -0.1) is 0 Å². The number of ether oxygens (including phenoxy) is 1. The Hall–Kier alpha value is -2.57. The molecule has 0 spiro atoms. The number of amides is 2. The van der Waals surface area contributed by atoms with Gasteiger partial charge >= 0.3 is 5.97 Å². The highest BCUT2D eigenvalue weighted by Crippen LogP contribution is 2.32. The monoisotopic (exact) mass is 320 g/mol. The summed E-state index contributed by atoms with van der Waals surface area (Å²) in [6.07, 6.45) is 0.526. The van der Waals surface area contributed by atoms with Gasteiger partial charge in [0.15, 0.2) is 0 Å². The number of benzene rings is 1. The predicted octanol–water partition coefficient (Wildman–Crippen LogP) is 1.03. The van der Waals surface area contributed by atoms with Crippen molar-refractivity contribution in [1.82, 2.24) is 5.32 Å². The Balaban J connectivity index is 1.94. The molecule has 0 aromatic heterocycles. The van der Waals surface area contributed by atoms with E-state index >= 15 is 0 Å². The molecule has 7 heteroatoms. The highest BCUT2D eigenvalue weighted by Gasteiger charge is 2.35. The molecule has 1 aromatic rings. The summed E-state index contributed by atoms with van der Waals surface area (Å²) in [7, 11) is 1.53. The lowest BCUT2D eigenvalue weighted by Crippen LogP contribution is -2.33. The van der Waals surface area contributed by atoms with Crippen LogP contribution in [0.1, 0.15) is 19.3 Å². The number of hydrogen-bond acceptors (Lipinski definition) is 4. The lowest BCUT2D eigenvalue weighted by molar-refractivity contribution is -0.137. The van der Waals surface area contributed by atoms with Crippen LogP contribution in [0.25, 0.3) is 0 Å². The molecule has 1 saturated heterocycles. The molecule has 124 valence electrons. The van der Waals surface area contributed by atoms with Crippen molar-refractivity contribution in [3.63, 3.8) is 0 Å². The molecular formula is C16H20N2O5. The molecule has 0 bridgehead atoms. The Morgan fingerprint density at radius 3 is 2.83 bits per heavy atom. The van der Waals surface area contributed by atoms with Crippen LogP contribution in [0.2, 0.25) is 0 Å². The van der Waals surface area contributed by atoms with Crippen LogP contribution in [-0.4, -0.2) is 43.1 Å². The minimum absolute atomic E-state index is 0.0111. The first-order valence-corrected chi connectivity index (χ1v) is 7.45. The van der Waals surface area contributed by atoms with Crippen molar-refractivity contribution in [2.75, 3.05) is 25.1 Å². The van der Waals surface area contributed by atoms with Gasteiger partial charge < -0.3 is 20.1 Å². The smallest absolute Gasteiger partial charge is 0.303 e. The predicted molar refractivity (Wildman–Crippen MR) is 83.3 cm³/mol. The Kier molecular flexibility index (Phi) is 5.56. The van der Waals surface area contributed by atoms with Crippen LogP contribution >= 0.6 is 0 Å². The van der Waals surface area contributed by atoms with Crippen molar-refractivity contribution in [2.45, 2.75) is 19.3 Å². The third-order valence-corrected chi connectivity index (χ3v) is 3.74. The number of para-hydroxylation sites is 2. The summed E-state index contributed by atoms with van der Waals surface area (Å²) in [5.41, 5.74) is 0.654. The lowest BCUT2D eigenvalue weighted by atomic mass is 10.1. The van der Waals surface area contributed by atoms with Crippen LogP contribution in [0, 0.1) is 5.92 Å². The van der Waals surface area contributed by atoms with E-state index in [-0.39, 0.29) is 24.7 Å². The lowest BCUT2D eigenvalue weighted by Gasteiger charge is -2.19. The van der Waals surface area contributed by atoms with Crippen LogP contribution < -0.4 is 15.0 Å². The van der Waals surface area contributed by atoms with Gasteiger partial charge in [0.1, 0.15) is 5.75 Å². The Morgan fingerprint density at radius 2 is 2.13 bits per heavy atom. The minimum Gasteiger partial charge on any atom is -0.495 e. The first-order chi connectivity index (χ1) is 11.0. The third kappa shape index (κ3) is 4.21. The normalized spacial score (nSPS) is 17.2. The van der Waals surface area contributed by atoms with Gasteiger partial charge in [0, 0.05) is 25.9 Å². The molecule has 2 N–H and O–H groups in total. The van der Waals surface area contributed by atoms with Crippen molar-refractivity contribution >= 4 is 23.5 Å². The molecule has 1 aliphatic rings. The van der Waals surface area contributed by atoms with Crippen molar-refractivity contribution < 1.29 is 24.2 Å². The fraction of sp³-hybridized carbons (Fsp3) is 0.438. The van der Waals surface area contributed by atoms with Gasteiger partial charge in [0.05, 0.1) is 18.7 Å². The average Bonchev–Trinajstić information content (AvgIpc) is 2.93. The van der Waals surface area contributed by atoms with Crippen LogP contribution in [0.5, 0.6) is 5.75 Å². The van der Waals surface area contributed by atoms with Gasteiger partial charge in [-0.2, -0.15) is 0 Å². The van der Waals surface area contributed by atoms with Gasteiger partial charge in [-0.1, -0.05) is 12.1 Å². The molecule has 1 heterocycles. The molecule has 1 aromatic carbocycles. The third-order valence-electron chi connectivity index (χ3n) is 3.74. The number of carboxylic acid groups (broad SMARTS) is 1. The summed E-state index contributed by atoms with van der Waals surface area (Å²) in [4.78, 5) is 36.3. The fourth-order valence-corrected chi connectivity index (χ4v) is 2.56. The highest BCUT2D eigenvalue weighted by atomic mass is 16.5. The molecule has 2 rings (SSSR count). The first-order valence-electron chi connectivity index (χ1n) is 7.45. The molecule has 7 nitrogen and oxygen atoms in total. The second kappa shape index (κ2) is 7.62.